The zero-order valence-electron chi connectivity index (χ0n) is 12.8. The van der Waals surface area contributed by atoms with Crippen molar-refractivity contribution in [1.29, 1.82) is 0 Å². The van der Waals surface area contributed by atoms with Crippen molar-refractivity contribution >= 4 is 23.7 Å². The van der Waals surface area contributed by atoms with Gasteiger partial charge >= 0.3 is 11.9 Å². The second-order valence-electron chi connectivity index (χ2n) is 5.19. The first-order valence-electron chi connectivity index (χ1n) is 7.35. The van der Waals surface area contributed by atoms with Crippen LogP contribution in [0.2, 0.25) is 0 Å². The number of nitrogens with zero attached hydrogens (tertiary/aromatic N) is 2. The molecule has 0 radical (unpaired) electrons. The van der Waals surface area contributed by atoms with Crippen molar-refractivity contribution in [3.63, 3.8) is 0 Å². The van der Waals surface area contributed by atoms with Crippen molar-refractivity contribution < 1.29 is 28.5 Å². The fraction of sp³-hybridized carbons (Fsp3) is 0.188. The molecule has 9 nitrogen and oxygen atoms in total. The number of rotatable bonds is 6. The Morgan fingerprint density at radius 1 is 1.12 bits per heavy atom. The highest BCUT2D eigenvalue weighted by atomic mass is 16.7. The van der Waals surface area contributed by atoms with Gasteiger partial charge in [0.05, 0.1) is 23.8 Å². The van der Waals surface area contributed by atoms with Gasteiger partial charge in [0.15, 0.2) is 0 Å². The number of furan rings is 1. The molecule has 0 aliphatic carbocycles. The van der Waals surface area contributed by atoms with Crippen molar-refractivity contribution in [1.82, 2.24) is 4.90 Å². The van der Waals surface area contributed by atoms with Crippen LogP contribution < -0.4 is 0 Å². The molecule has 2 aromatic rings. The average Bonchev–Trinajstić information content (AvgIpc) is 3.18. The molecule has 25 heavy (non-hydrogen) atoms. The fourth-order valence-corrected chi connectivity index (χ4v) is 2.44. The Balaban J connectivity index is 1.50. The minimum atomic E-state index is -0.851. The summed E-state index contributed by atoms with van der Waals surface area (Å²) in [6.07, 6.45) is 0.236. The number of imide groups is 1. The minimum absolute atomic E-state index is 0.0687. The lowest BCUT2D eigenvalue weighted by molar-refractivity contribution is -0.402. The van der Waals surface area contributed by atoms with Gasteiger partial charge in [-0.3, -0.25) is 24.6 Å². The molecule has 1 aromatic heterocycles. The number of hydrogen-bond donors (Lipinski definition) is 0. The highest BCUT2D eigenvalue weighted by Crippen LogP contribution is 2.22. The van der Waals surface area contributed by atoms with Crippen LogP contribution in [0, 0.1) is 10.1 Å². The van der Waals surface area contributed by atoms with Crippen molar-refractivity contribution in [3.8, 4) is 0 Å². The number of carbonyl (C=O) groups excluding carboxylic acids is 3. The molecule has 0 fully saturated rings. The normalized spacial score (nSPS) is 13.0. The number of carbonyl (C=O) groups is 3. The fourth-order valence-electron chi connectivity index (χ4n) is 2.44. The Labute approximate surface area is 140 Å². The third-order valence-electron chi connectivity index (χ3n) is 3.61. The van der Waals surface area contributed by atoms with Crippen molar-refractivity contribution in [2.24, 2.45) is 0 Å². The van der Waals surface area contributed by atoms with Gasteiger partial charge in [0.25, 0.3) is 11.8 Å². The van der Waals surface area contributed by atoms with Gasteiger partial charge in [-0.15, -0.1) is 0 Å². The monoisotopic (exact) mass is 344 g/mol. The number of amides is 2. The molecule has 128 valence electrons. The van der Waals surface area contributed by atoms with Gasteiger partial charge in [-0.2, -0.15) is 0 Å². The van der Waals surface area contributed by atoms with Crippen LogP contribution in [0.15, 0.2) is 40.8 Å². The summed E-state index contributed by atoms with van der Waals surface area (Å²) < 4.78 is 9.65. The van der Waals surface area contributed by atoms with Crippen LogP contribution in [0.3, 0.4) is 0 Å². The number of nitro groups is 1. The number of fused-ring (bicyclic) bond motifs is 1. The number of hydrogen-bond acceptors (Lipinski definition) is 7. The van der Waals surface area contributed by atoms with Gasteiger partial charge < -0.3 is 9.15 Å². The van der Waals surface area contributed by atoms with E-state index in [1.807, 2.05) is 0 Å². The predicted octanol–water partition coefficient (Wildman–Crippen LogP) is 2.03. The second kappa shape index (κ2) is 6.56. The summed E-state index contributed by atoms with van der Waals surface area (Å²) in [6, 6.07) is 8.72. The summed E-state index contributed by atoms with van der Waals surface area (Å²) in [5, 5.41) is 10.5. The van der Waals surface area contributed by atoms with Crippen molar-refractivity contribution in [3.05, 3.63) is 63.4 Å². The van der Waals surface area contributed by atoms with Gasteiger partial charge in [-0.05, 0) is 24.6 Å². The van der Waals surface area contributed by atoms with E-state index in [-0.39, 0.29) is 37.1 Å². The molecule has 0 N–H and O–H groups in total. The lowest BCUT2D eigenvalue weighted by Gasteiger charge is -2.13. The summed E-state index contributed by atoms with van der Waals surface area (Å²) >= 11 is 0. The molecule has 2 heterocycles. The molecular formula is C16H12N2O7. The summed E-state index contributed by atoms with van der Waals surface area (Å²) in [5.41, 5.74) is 0.708. The first kappa shape index (κ1) is 16.4. The Morgan fingerprint density at radius 2 is 1.76 bits per heavy atom. The summed E-state index contributed by atoms with van der Waals surface area (Å²) in [4.78, 5) is 46.8. The van der Waals surface area contributed by atoms with Gasteiger partial charge in [0, 0.05) is 6.54 Å². The zero-order valence-corrected chi connectivity index (χ0v) is 12.8. The maximum atomic E-state index is 12.1. The third-order valence-corrected chi connectivity index (χ3v) is 3.61. The van der Waals surface area contributed by atoms with Crippen molar-refractivity contribution in [2.45, 2.75) is 6.42 Å². The van der Waals surface area contributed by atoms with Crippen LogP contribution in [0.5, 0.6) is 0 Å². The van der Waals surface area contributed by atoms with E-state index in [1.54, 1.807) is 24.3 Å². The van der Waals surface area contributed by atoms with Crippen LogP contribution in [-0.2, 0) is 4.74 Å². The maximum Gasteiger partial charge on any atom is 0.433 e. The van der Waals surface area contributed by atoms with Crippen LogP contribution >= 0.6 is 0 Å². The van der Waals surface area contributed by atoms with E-state index in [4.69, 9.17) is 9.15 Å². The van der Waals surface area contributed by atoms with Crippen LogP contribution in [0.25, 0.3) is 0 Å². The molecule has 1 aromatic carbocycles. The Bertz CT molecular complexity index is 836. The lowest BCUT2D eigenvalue weighted by atomic mass is 10.1. The summed E-state index contributed by atoms with van der Waals surface area (Å²) in [7, 11) is 0. The summed E-state index contributed by atoms with van der Waals surface area (Å²) in [5.74, 6) is -2.46. The molecule has 0 bridgehead atoms. The highest BCUT2D eigenvalue weighted by Gasteiger charge is 2.34. The number of esters is 1. The predicted molar refractivity (Wildman–Crippen MR) is 82.1 cm³/mol. The molecular weight excluding hydrogens is 332 g/mol. The Hall–Kier alpha value is -3.49. The van der Waals surface area contributed by atoms with E-state index in [0.29, 0.717) is 11.1 Å². The first-order chi connectivity index (χ1) is 12.0. The molecule has 3 rings (SSSR count). The van der Waals surface area contributed by atoms with E-state index in [2.05, 4.69) is 0 Å². The van der Waals surface area contributed by atoms with Gasteiger partial charge in [-0.1, -0.05) is 12.1 Å². The van der Waals surface area contributed by atoms with Crippen LogP contribution in [0.4, 0.5) is 5.88 Å². The third kappa shape index (κ3) is 3.11. The molecule has 1 aliphatic heterocycles. The van der Waals surface area contributed by atoms with E-state index < -0.39 is 16.8 Å². The molecule has 9 heteroatoms. The Kier molecular flexibility index (Phi) is 4.29. The molecule has 0 atom stereocenters. The zero-order chi connectivity index (χ0) is 18.0. The minimum Gasteiger partial charge on any atom is -0.460 e. The largest absolute Gasteiger partial charge is 0.460 e. The van der Waals surface area contributed by atoms with Crippen LogP contribution in [-0.4, -0.2) is 40.8 Å². The quantitative estimate of drug-likeness (QED) is 0.258. The second-order valence-corrected chi connectivity index (χ2v) is 5.19. The average molecular weight is 344 g/mol. The summed E-state index contributed by atoms with van der Waals surface area (Å²) in [6.45, 7) is 0.0265. The molecule has 0 saturated carbocycles. The Morgan fingerprint density at radius 3 is 2.32 bits per heavy atom. The number of ether oxygens (including phenoxy) is 1. The van der Waals surface area contributed by atoms with Gasteiger partial charge in [0.1, 0.15) is 4.92 Å². The van der Waals surface area contributed by atoms with E-state index in [1.165, 1.54) is 0 Å². The lowest BCUT2D eigenvalue weighted by Crippen LogP contribution is -2.31. The van der Waals surface area contributed by atoms with Gasteiger partial charge in [-0.25, -0.2) is 4.79 Å². The topological polar surface area (TPSA) is 120 Å². The maximum absolute atomic E-state index is 12.1. The molecule has 0 spiro atoms. The smallest absolute Gasteiger partial charge is 0.433 e. The molecule has 0 unspecified atom stereocenters. The molecule has 0 saturated heterocycles. The van der Waals surface area contributed by atoms with Crippen molar-refractivity contribution in [2.75, 3.05) is 13.2 Å². The van der Waals surface area contributed by atoms with Gasteiger partial charge in [0.2, 0.25) is 5.76 Å². The highest BCUT2D eigenvalue weighted by molar-refractivity contribution is 6.21. The van der Waals surface area contributed by atoms with E-state index in [0.717, 1.165) is 17.0 Å². The SMILES string of the molecule is O=C(OCCCN1C(=O)c2ccccc2C1=O)c1ccc([N+](=O)[O-])o1. The number of benzene rings is 1. The molecule has 1 aliphatic rings. The first-order valence-corrected chi connectivity index (χ1v) is 7.35. The molecule has 2 amide bonds. The van der Waals surface area contributed by atoms with Crippen LogP contribution in [0.1, 0.15) is 37.7 Å². The van der Waals surface area contributed by atoms with E-state index >= 15 is 0 Å². The van der Waals surface area contributed by atoms with E-state index in [9.17, 15) is 24.5 Å². The standard InChI is InChI=1S/C16H12N2O7/c19-14-10-4-1-2-5-11(10)15(20)17(14)8-3-9-24-16(21)12-6-7-13(25-12)18(22)23/h1-2,4-7H,3,8-9H2.